The van der Waals surface area contributed by atoms with Crippen LogP contribution in [0, 0.1) is 0 Å². The van der Waals surface area contributed by atoms with E-state index in [0.29, 0.717) is 37.5 Å². The molecule has 0 heterocycles. The van der Waals surface area contributed by atoms with E-state index in [2.05, 4.69) is 23.3 Å². The van der Waals surface area contributed by atoms with Crippen LogP contribution in [-0.2, 0) is 17.8 Å². The number of carbonyl (C=O) groups excluding carboxylic acids is 1. The number of thiocarbonyl (C=S) groups is 2. The highest BCUT2D eigenvalue weighted by atomic mass is 35.5. The van der Waals surface area contributed by atoms with Crippen LogP contribution in [0.1, 0.15) is 24.0 Å². The minimum absolute atomic E-state index is 0.0104. The molecule has 0 radical (unpaired) electrons. The van der Waals surface area contributed by atoms with Gasteiger partial charge in [-0.25, -0.2) is 0 Å². The summed E-state index contributed by atoms with van der Waals surface area (Å²) in [6, 6.07) is 17.4. The number of amides is 1. The van der Waals surface area contributed by atoms with E-state index in [-0.39, 0.29) is 11.1 Å². The van der Waals surface area contributed by atoms with Crippen LogP contribution in [0.25, 0.3) is 0 Å². The van der Waals surface area contributed by atoms with E-state index in [1.165, 1.54) is 5.56 Å². The SMILES string of the molecule is NC(O)=S.O=C(CCCN(Cc1ccc(Cl)cc1)C(O)=S)NCCc1ccccc1. The van der Waals surface area contributed by atoms with Crippen LogP contribution >= 0.6 is 36.0 Å². The molecule has 0 unspecified atom stereocenters. The molecule has 0 atom stereocenters. The van der Waals surface area contributed by atoms with Crippen molar-refractivity contribution in [2.24, 2.45) is 5.73 Å². The lowest BCUT2D eigenvalue weighted by Gasteiger charge is -2.21. The first-order chi connectivity index (χ1) is 14.3. The molecule has 2 aromatic rings. The Hall–Kier alpha value is -2.42. The highest BCUT2D eigenvalue weighted by Crippen LogP contribution is 2.12. The van der Waals surface area contributed by atoms with Crippen molar-refractivity contribution in [1.82, 2.24) is 10.2 Å². The smallest absolute Gasteiger partial charge is 0.257 e. The molecule has 2 rings (SSSR count). The van der Waals surface area contributed by atoms with Crippen LogP contribution in [0.15, 0.2) is 54.6 Å². The van der Waals surface area contributed by atoms with Crippen LogP contribution in [-0.4, -0.2) is 44.5 Å². The Morgan fingerprint density at radius 1 is 1.03 bits per heavy atom. The number of nitrogens with two attached hydrogens (primary N) is 1. The zero-order chi connectivity index (χ0) is 22.4. The molecule has 0 aliphatic heterocycles. The summed E-state index contributed by atoms with van der Waals surface area (Å²) in [4.78, 5) is 13.6. The van der Waals surface area contributed by atoms with Crippen molar-refractivity contribution in [2.75, 3.05) is 13.1 Å². The second-order valence-corrected chi connectivity index (χ2v) is 7.58. The van der Waals surface area contributed by atoms with Crippen molar-refractivity contribution >= 4 is 52.3 Å². The second-order valence-electron chi connectivity index (χ2n) is 6.36. The van der Waals surface area contributed by atoms with Crippen LogP contribution < -0.4 is 11.1 Å². The zero-order valence-electron chi connectivity index (χ0n) is 16.5. The number of nitrogens with one attached hydrogen (secondary N) is 1. The third-order valence-electron chi connectivity index (χ3n) is 3.97. The number of halogens is 1. The Morgan fingerprint density at radius 3 is 2.20 bits per heavy atom. The first-order valence-corrected chi connectivity index (χ1v) is 10.5. The molecule has 162 valence electrons. The third-order valence-corrected chi connectivity index (χ3v) is 4.48. The fourth-order valence-corrected chi connectivity index (χ4v) is 2.84. The lowest BCUT2D eigenvalue weighted by molar-refractivity contribution is -0.121. The molecule has 0 aliphatic rings. The molecule has 1 amide bonds. The van der Waals surface area contributed by atoms with Crippen LogP contribution in [0.5, 0.6) is 0 Å². The number of benzene rings is 2. The van der Waals surface area contributed by atoms with Crippen molar-refractivity contribution in [1.29, 1.82) is 0 Å². The fourth-order valence-electron chi connectivity index (χ4n) is 2.56. The molecule has 0 saturated carbocycles. The van der Waals surface area contributed by atoms with E-state index >= 15 is 0 Å². The highest BCUT2D eigenvalue weighted by molar-refractivity contribution is 7.80. The third kappa shape index (κ3) is 12.2. The molecule has 6 nitrogen and oxygen atoms in total. The molecular formula is C21H26ClN3O3S2. The van der Waals surface area contributed by atoms with Gasteiger partial charge in [-0.2, -0.15) is 0 Å². The van der Waals surface area contributed by atoms with Crippen molar-refractivity contribution in [2.45, 2.75) is 25.8 Å². The van der Waals surface area contributed by atoms with Gasteiger partial charge in [-0.15, -0.1) is 0 Å². The van der Waals surface area contributed by atoms with E-state index in [1.807, 2.05) is 42.5 Å². The van der Waals surface area contributed by atoms with Crippen LogP contribution in [0.2, 0.25) is 5.02 Å². The summed E-state index contributed by atoms with van der Waals surface area (Å²) in [5, 5.41) is 20.2. The van der Waals surface area contributed by atoms with Gasteiger partial charge in [0.1, 0.15) is 0 Å². The lowest BCUT2D eigenvalue weighted by atomic mass is 10.1. The van der Waals surface area contributed by atoms with Crippen molar-refractivity contribution in [3.63, 3.8) is 0 Å². The van der Waals surface area contributed by atoms with Gasteiger partial charge in [0.15, 0.2) is 0 Å². The number of nitrogens with zero attached hydrogens (tertiary/aromatic N) is 1. The van der Waals surface area contributed by atoms with Gasteiger partial charge in [0, 0.05) is 31.1 Å². The minimum atomic E-state index is -0.500. The number of hydrogen-bond donors (Lipinski definition) is 4. The first-order valence-electron chi connectivity index (χ1n) is 9.29. The molecule has 0 aliphatic carbocycles. The molecule has 2 aromatic carbocycles. The summed E-state index contributed by atoms with van der Waals surface area (Å²) in [7, 11) is 0. The topological polar surface area (TPSA) is 98.8 Å². The maximum atomic E-state index is 11.9. The molecule has 0 aromatic heterocycles. The van der Waals surface area contributed by atoms with Gasteiger partial charge >= 0.3 is 0 Å². The number of rotatable bonds is 9. The summed E-state index contributed by atoms with van der Waals surface area (Å²) >= 11 is 14.6. The summed E-state index contributed by atoms with van der Waals surface area (Å²) < 4.78 is 0. The van der Waals surface area contributed by atoms with E-state index in [0.717, 1.165) is 12.0 Å². The normalized spacial score (nSPS) is 9.77. The average Bonchev–Trinajstić information content (AvgIpc) is 2.69. The minimum Gasteiger partial charge on any atom is -0.487 e. The Labute approximate surface area is 192 Å². The largest absolute Gasteiger partial charge is 0.487 e. The molecule has 0 saturated heterocycles. The average molecular weight is 468 g/mol. The Balaban J connectivity index is 0.00000103. The van der Waals surface area contributed by atoms with E-state index in [1.54, 1.807) is 17.0 Å². The number of aliphatic hydroxyl groups excluding tert-OH is 2. The molecule has 0 spiro atoms. The van der Waals surface area contributed by atoms with Crippen molar-refractivity contribution in [3.05, 3.63) is 70.7 Å². The van der Waals surface area contributed by atoms with Gasteiger partial charge < -0.3 is 26.2 Å². The highest BCUT2D eigenvalue weighted by Gasteiger charge is 2.10. The maximum absolute atomic E-state index is 11.9. The Bertz CT molecular complexity index is 801. The van der Waals surface area contributed by atoms with Gasteiger partial charge in [-0.1, -0.05) is 54.1 Å². The number of aliphatic hydroxyl groups is 2. The van der Waals surface area contributed by atoms with Crippen molar-refractivity contribution < 1.29 is 15.0 Å². The molecule has 30 heavy (non-hydrogen) atoms. The zero-order valence-corrected chi connectivity index (χ0v) is 18.8. The van der Waals surface area contributed by atoms with Gasteiger partial charge in [0.05, 0.1) is 0 Å². The first kappa shape index (κ1) is 25.6. The number of carbonyl (C=O) groups is 1. The molecule has 5 N–H and O–H groups in total. The van der Waals surface area contributed by atoms with Crippen LogP contribution in [0.4, 0.5) is 0 Å². The quantitative estimate of drug-likeness (QED) is 0.415. The van der Waals surface area contributed by atoms with E-state index in [4.69, 9.17) is 28.9 Å². The predicted molar refractivity (Wildman–Crippen MR) is 129 cm³/mol. The van der Waals surface area contributed by atoms with E-state index < -0.39 is 5.17 Å². The number of hydrogen-bond acceptors (Lipinski definition) is 3. The predicted octanol–water partition coefficient (Wildman–Crippen LogP) is 3.91. The standard InChI is InChI=1S/C20H23ClN2O2S.CH3NOS/c21-18-10-8-17(9-11-18)15-23(20(25)26)14-4-7-19(24)22-13-12-16-5-2-1-3-6-16;2-1(3)4/h1-3,5-6,8-11H,4,7,12-15H2,(H,22,24)(H,25,26);(H3,2,3,4). The Kier molecular flexibility index (Phi) is 12.4. The van der Waals surface area contributed by atoms with Gasteiger partial charge in [-0.05, 0) is 60.5 Å². The van der Waals surface area contributed by atoms with Crippen molar-refractivity contribution in [3.8, 4) is 0 Å². The summed E-state index contributed by atoms with van der Waals surface area (Å²) in [6.45, 7) is 1.63. The molecule has 0 bridgehead atoms. The molecule has 0 fully saturated rings. The van der Waals surface area contributed by atoms with Crippen LogP contribution in [0.3, 0.4) is 0 Å². The van der Waals surface area contributed by atoms with Gasteiger partial charge in [0.25, 0.3) is 10.3 Å². The monoisotopic (exact) mass is 467 g/mol. The molecule has 9 heteroatoms. The second kappa shape index (κ2) is 14.5. The summed E-state index contributed by atoms with van der Waals surface area (Å²) in [5.41, 5.74) is 6.60. The van der Waals surface area contributed by atoms with E-state index in [9.17, 15) is 9.90 Å². The fraction of sp³-hybridized carbons (Fsp3) is 0.286. The summed E-state index contributed by atoms with van der Waals surface area (Å²) in [6.07, 6.45) is 1.83. The lowest BCUT2D eigenvalue weighted by Crippen LogP contribution is -2.31. The molecular weight excluding hydrogens is 442 g/mol. The Morgan fingerprint density at radius 2 is 1.63 bits per heavy atom. The van der Waals surface area contributed by atoms with Gasteiger partial charge in [-0.3, -0.25) is 4.79 Å². The van der Waals surface area contributed by atoms with Gasteiger partial charge in [0.2, 0.25) is 5.91 Å². The maximum Gasteiger partial charge on any atom is 0.257 e. The summed E-state index contributed by atoms with van der Waals surface area (Å²) in [5.74, 6) is 0.0104.